The second kappa shape index (κ2) is 4.98. The van der Waals surface area contributed by atoms with Gasteiger partial charge >= 0.3 is 0 Å². The Hall–Kier alpha value is -1.29. The number of nitrogens with one attached hydrogen (secondary N) is 1. The van der Waals surface area contributed by atoms with Crippen LogP contribution >= 0.6 is 0 Å². The Morgan fingerprint density at radius 3 is 2.60 bits per heavy atom. The first-order chi connectivity index (χ1) is 7.04. The molecule has 1 rings (SSSR count). The summed E-state index contributed by atoms with van der Waals surface area (Å²) >= 11 is 0. The first kappa shape index (κ1) is 11.8. The van der Waals surface area contributed by atoms with Crippen LogP contribution in [0.2, 0.25) is 0 Å². The maximum Gasteiger partial charge on any atom is 0.148 e. The molecule has 0 unspecified atom stereocenters. The molecule has 0 aliphatic carbocycles. The molecule has 1 aromatic rings. The van der Waals surface area contributed by atoms with Crippen LogP contribution in [0.1, 0.15) is 13.8 Å². The van der Waals surface area contributed by atoms with Crippen molar-refractivity contribution in [3.05, 3.63) is 24.0 Å². The lowest BCUT2D eigenvalue weighted by Crippen LogP contribution is -2.29. The molecule has 0 fully saturated rings. The summed E-state index contributed by atoms with van der Waals surface area (Å²) in [4.78, 5) is 0. The number of aliphatic hydroxyl groups is 1. The molecule has 0 heterocycles. The molecule has 4 heteroatoms. The first-order valence-corrected chi connectivity index (χ1v) is 4.97. The number of rotatable bonds is 4. The molecule has 0 amide bonds. The van der Waals surface area contributed by atoms with Crippen molar-refractivity contribution in [2.45, 2.75) is 19.9 Å². The normalized spacial score (nSPS) is 12.9. The fraction of sp³-hybridized carbons (Fsp3) is 0.455. The van der Waals surface area contributed by atoms with Crippen molar-refractivity contribution in [1.29, 1.82) is 0 Å². The second-order valence-electron chi connectivity index (χ2n) is 3.92. The summed E-state index contributed by atoms with van der Waals surface area (Å²) in [5.74, 6) is -0.166. The van der Waals surface area contributed by atoms with Gasteiger partial charge in [-0.3, -0.25) is 0 Å². The zero-order chi connectivity index (χ0) is 11.4. The number of halogens is 1. The zero-order valence-corrected chi connectivity index (χ0v) is 9.00. The molecule has 1 atom stereocenters. The van der Waals surface area contributed by atoms with Gasteiger partial charge in [0, 0.05) is 5.69 Å². The van der Waals surface area contributed by atoms with E-state index in [0.29, 0.717) is 11.4 Å². The van der Waals surface area contributed by atoms with Crippen LogP contribution in [-0.4, -0.2) is 17.8 Å². The summed E-state index contributed by atoms with van der Waals surface area (Å²) in [7, 11) is 0. The van der Waals surface area contributed by atoms with Gasteiger partial charge in [0.25, 0.3) is 0 Å². The lowest BCUT2D eigenvalue weighted by molar-refractivity contribution is 0.249. The van der Waals surface area contributed by atoms with Crippen LogP contribution in [0.4, 0.5) is 15.8 Å². The van der Waals surface area contributed by atoms with Crippen LogP contribution in [0.5, 0.6) is 0 Å². The number of hydrogen-bond donors (Lipinski definition) is 3. The van der Waals surface area contributed by atoms with Crippen LogP contribution in [0, 0.1) is 11.7 Å². The summed E-state index contributed by atoms with van der Waals surface area (Å²) in [6, 6.07) is 4.32. The third-order valence-corrected chi connectivity index (χ3v) is 2.34. The lowest BCUT2D eigenvalue weighted by atomic mass is 10.1. The van der Waals surface area contributed by atoms with Crippen LogP contribution in [-0.2, 0) is 0 Å². The SMILES string of the molecule is CC(C)[C@@H](CO)Nc1ccc(N)cc1F. The average molecular weight is 212 g/mol. The van der Waals surface area contributed by atoms with Gasteiger partial charge < -0.3 is 16.2 Å². The molecular weight excluding hydrogens is 195 g/mol. The highest BCUT2D eigenvalue weighted by molar-refractivity contribution is 5.53. The molecule has 0 saturated heterocycles. The van der Waals surface area contributed by atoms with Crippen molar-refractivity contribution in [3.63, 3.8) is 0 Å². The third-order valence-electron chi connectivity index (χ3n) is 2.34. The molecule has 0 saturated carbocycles. The van der Waals surface area contributed by atoms with E-state index in [2.05, 4.69) is 5.32 Å². The highest BCUT2D eigenvalue weighted by Crippen LogP contribution is 2.19. The molecule has 0 bridgehead atoms. The highest BCUT2D eigenvalue weighted by atomic mass is 19.1. The van der Waals surface area contributed by atoms with Gasteiger partial charge in [-0.15, -0.1) is 0 Å². The van der Waals surface area contributed by atoms with Gasteiger partial charge in [-0.2, -0.15) is 0 Å². The monoisotopic (exact) mass is 212 g/mol. The zero-order valence-electron chi connectivity index (χ0n) is 9.00. The first-order valence-electron chi connectivity index (χ1n) is 4.97. The number of nitrogen functional groups attached to an aromatic ring is 1. The maximum absolute atomic E-state index is 13.4. The van der Waals surface area contributed by atoms with E-state index in [1.54, 1.807) is 12.1 Å². The lowest BCUT2D eigenvalue weighted by Gasteiger charge is -2.21. The van der Waals surface area contributed by atoms with E-state index in [1.807, 2.05) is 13.8 Å². The van der Waals surface area contributed by atoms with Crippen LogP contribution < -0.4 is 11.1 Å². The minimum atomic E-state index is -0.394. The standard InChI is InChI=1S/C11H17FN2O/c1-7(2)11(6-15)14-10-4-3-8(13)5-9(10)12/h3-5,7,11,14-15H,6,13H2,1-2H3/t11-/m1/s1. The molecule has 0 aromatic heterocycles. The summed E-state index contributed by atoms with van der Waals surface area (Å²) in [5, 5.41) is 12.0. The predicted octanol–water partition coefficient (Wildman–Crippen LogP) is 1.84. The van der Waals surface area contributed by atoms with E-state index in [9.17, 15) is 4.39 Å². The Morgan fingerprint density at radius 1 is 1.47 bits per heavy atom. The molecule has 4 N–H and O–H groups in total. The number of benzene rings is 1. The largest absolute Gasteiger partial charge is 0.399 e. The quantitative estimate of drug-likeness (QED) is 0.667. The molecular formula is C11H17FN2O. The maximum atomic E-state index is 13.4. The van der Waals surface area contributed by atoms with Crippen molar-refractivity contribution in [3.8, 4) is 0 Å². The molecule has 0 radical (unpaired) electrons. The predicted molar refractivity (Wildman–Crippen MR) is 60.1 cm³/mol. The van der Waals surface area contributed by atoms with Gasteiger partial charge in [-0.25, -0.2) is 4.39 Å². The van der Waals surface area contributed by atoms with Gasteiger partial charge in [0.15, 0.2) is 0 Å². The van der Waals surface area contributed by atoms with Crippen LogP contribution in [0.15, 0.2) is 18.2 Å². The third kappa shape index (κ3) is 3.09. The number of aliphatic hydroxyl groups excluding tert-OH is 1. The number of hydrogen-bond acceptors (Lipinski definition) is 3. The summed E-state index contributed by atoms with van der Waals surface area (Å²) < 4.78 is 13.4. The number of anilines is 2. The minimum Gasteiger partial charge on any atom is -0.399 e. The molecule has 1 aromatic carbocycles. The summed E-state index contributed by atoms with van der Waals surface area (Å²) in [6.45, 7) is 3.90. The molecule has 0 aliphatic rings. The average Bonchev–Trinajstić information content (AvgIpc) is 2.16. The van der Waals surface area contributed by atoms with E-state index in [4.69, 9.17) is 10.8 Å². The molecule has 15 heavy (non-hydrogen) atoms. The Kier molecular flexibility index (Phi) is 3.91. The molecule has 3 nitrogen and oxygen atoms in total. The van der Waals surface area contributed by atoms with E-state index >= 15 is 0 Å². The Balaban J connectivity index is 2.79. The van der Waals surface area contributed by atoms with Crippen LogP contribution in [0.25, 0.3) is 0 Å². The highest BCUT2D eigenvalue weighted by Gasteiger charge is 2.13. The summed E-state index contributed by atoms with van der Waals surface area (Å²) in [6.07, 6.45) is 0. The van der Waals surface area contributed by atoms with Gasteiger partial charge in [0.1, 0.15) is 5.82 Å². The Labute approximate surface area is 89.1 Å². The van der Waals surface area contributed by atoms with Gasteiger partial charge in [-0.1, -0.05) is 13.8 Å². The summed E-state index contributed by atoms with van der Waals surface area (Å²) in [5.41, 5.74) is 6.20. The van der Waals surface area contributed by atoms with Crippen molar-refractivity contribution < 1.29 is 9.50 Å². The molecule has 0 aliphatic heterocycles. The molecule has 84 valence electrons. The van der Waals surface area contributed by atoms with E-state index in [1.165, 1.54) is 6.07 Å². The van der Waals surface area contributed by atoms with Crippen molar-refractivity contribution >= 4 is 11.4 Å². The van der Waals surface area contributed by atoms with Crippen molar-refractivity contribution in [2.75, 3.05) is 17.7 Å². The van der Waals surface area contributed by atoms with Gasteiger partial charge in [0.2, 0.25) is 0 Å². The van der Waals surface area contributed by atoms with Crippen molar-refractivity contribution in [2.24, 2.45) is 5.92 Å². The van der Waals surface area contributed by atoms with E-state index in [0.717, 1.165) is 0 Å². The van der Waals surface area contributed by atoms with Crippen molar-refractivity contribution in [1.82, 2.24) is 0 Å². The van der Waals surface area contributed by atoms with E-state index < -0.39 is 5.82 Å². The van der Waals surface area contributed by atoms with Crippen LogP contribution in [0.3, 0.4) is 0 Å². The smallest absolute Gasteiger partial charge is 0.148 e. The topological polar surface area (TPSA) is 58.3 Å². The Bertz CT molecular complexity index is 328. The van der Waals surface area contributed by atoms with Gasteiger partial charge in [0.05, 0.1) is 18.3 Å². The molecule has 0 spiro atoms. The van der Waals surface area contributed by atoms with E-state index in [-0.39, 0.29) is 18.6 Å². The minimum absolute atomic E-state index is 0.0263. The number of nitrogens with two attached hydrogens (primary N) is 1. The fourth-order valence-electron chi connectivity index (χ4n) is 1.27. The fourth-order valence-corrected chi connectivity index (χ4v) is 1.27. The Morgan fingerprint density at radius 2 is 2.13 bits per heavy atom. The second-order valence-corrected chi connectivity index (χ2v) is 3.92. The van der Waals surface area contributed by atoms with Gasteiger partial charge in [-0.05, 0) is 24.1 Å².